The van der Waals surface area contributed by atoms with Crippen molar-refractivity contribution in [3.63, 3.8) is 0 Å². The van der Waals surface area contributed by atoms with E-state index in [0.717, 1.165) is 12.8 Å². The van der Waals surface area contributed by atoms with Crippen LogP contribution in [0.25, 0.3) is 0 Å². The summed E-state index contributed by atoms with van der Waals surface area (Å²) in [4.78, 5) is 11.6. The smallest absolute Gasteiger partial charge is 0.338 e. The van der Waals surface area contributed by atoms with Crippen LogP contribution in [-0.4, -0.2) is 12.6 Å². The van der Waals surface area contributed by atoms with E-state index in [2.05, 4.69) is 6.92 Å². The van der Waals surface area contributed by atoms with Gasteiger partial charge in [0.1, 0.15) is 5.82 Å². The lowest BCUT2D eigenvalue weighted by Gasteiger charge is -2.05. The monoisotopic (exact) mass is 294 g/mol. The van der Waals surface area contributed by atoms with Crippen LogP contribution in [0.4, 0.5) is 4.39 Å². The minimum atomic E-state index is -0.436. The van der Waals surface area contributed by atoms with Gasteiger partial charge >= 0.3 is 5.97 Å². The first-order chi connectivity index (χ1) is 10.2. The Kier molecular flexibility index (Phi) is 9.51. The molecule has 0 heterocycles. The van der Waals surface area contributed by atoms with Crippen molar-refractivity contribution in [1.82, 2.24) is 0 Å². The molecule has 21 heavy (non-hydrogen) atoms. The molecular formula is C18H27FO2. The van der Waals surface area contributed by atoms with Gasteiger partial charge in [0.15, 0.2) is 0 Å². The summed E-state index contributed by atoms with van der Waals surface area (Å²) in [7, 11) is 0. The highest BCUT2D eigenvalue weighted by Gasteiger charge is 2.07. The molecular weight excluding hydrogens is 267 g/mol. The van der Waals surface area contributed by atoms with Gasteiger partial charge in [-0.15, -0.1) is 0 Å². The van der Waals surface area contributed by atoms with E-state index in [9.17, 15) is 9.18 Å². The zero-order chi connectivity index (χ0) is 15.3. The maximum Gasteiger partial charge on any atom is 0.338 e. The fourth-order valence-electron chi connectivity index (χ4n) is 2.28. The number of ether oxygens (including phenoxy) is 1. The minimum absolute atomic E-state index is 0.283. The van der Waals surface area contributed by atoms with Crippen molar-refractivity contribution in [2.45, 2.75) is 64.7 Å². The second kappa shape index (κ2) is 11.3. The minimum Gasteiger partial charge on any atom is -0.462 e. The summed E-state index contributed by atoms with van der Waals surface area (Å²) in [6.07, 6.45) is 11.1. The van der Waals surface area contributed by atoms with Gasteiger partial charge in [0.25, 0.3) is 0 Å². The Morgan fingerprint density at radius 1 is 1.00 bits per heavy atom. The SMILES string of the molecule is CCCCCCCCCCCOC(=O)c1cccc(F)c1. The molecule has 3 heteroatoms. The van der Waals surface area contributed by atoms with Crippen LogP contribution in [0.5, 0.6) is 0 Å². The van der Waals surface area contributed by atoms with E-state index in [0.29, 0.717) is 6.61 Å². The fraction of sp³-hybridized carbons (Fsp3) is 0.611. The fourth-order valence-corrected chi connectivity index (χ4v) is 2.28. The Labute approximate surface area is 127 Å². The molecule has 0 atom stereocenters. The third-order valence-electron chi connectivity index (χ3n) is 3.54. The second-order valence-electron chi connectivity index (χ2n) is 5.47. The molecule has 0 N–H and O–H groups in total. The van der Waals surface area contributed by atoms with E-state index in [4.69, 9.17) is 4.74 Å². The Bertz CT molecular complexity index is 404. The van der Waals surface area contributed by atoms with Crippen molar-refractivity contribution < 1.29 is 13.9 Å². The van der Waals surface area contributed by atoms with Crippen LogP contribution in [0.2, 0.25) is 0 Å². The average Bonchev–Trinajstić information content (AvgIpc) is 2.49. The molecule has 0 bridgehead atoms. The zero-order valence-corrected chi connectivity index (χ0v) is 13.1. The molecule has 118 valence electrons. The summed E-state index contributed by atoms with van der Waals surface area (Å²) in [5.74, 6) is -0.846. The molecule has 0 fully saturated rings. The summed E-state index contributed by atoms with van der Waals surface area (Å²) in [6, 6.07) is 5.61. The third-order valence-corrected chi connectivity index (χ3v) is 3.54. The highest BCUT2D eigenvalue weighted by Crippen LogP contribution is 2.10. The number of carbonyl (C=O) groups excluding carboxylic acids is 1. The maximum atomic E-state index is 13.0. The molecule has 0 aliphatic rings. The summed E-state index contributed by atoms with van der Waals surface area (Å²) in [5, 5.41) is 0. The molecule has 0 amide bonds. The van der Waals surface area contributed by atoms with Crippen LogP contribution in [-0.2, 0) is 4.74 Å². The molecule has 2 nitrogen and oxygen atoms in total. The lowest BCUT2D eigenvalue weighted by atomic mass is 10.1. The van der Waals surface area contributed by atoms with Crippen LogP contribution in [0, 0.1) is 5.82 Å². The summed E-state index contributed by atoms with van der Waals surface area (Å²) in [6.45, 7) is 2.65. The van der Waals surface area contributed by atoms with Gasteiger partial charge in [-0.25, -0.2) is 9.18 Å². The molecule has 0 aliphatic heterocycles. The van der Waals surface area contributed by atoms with Crippen LogP contribution >= 0.6 is 0 Å². The number of rotatable bonds is 11. The van der Waals surface area contributed by atoms with Gasteiger partial charge in [-0.3, -0.25) is 0 Å². The summed E-state index contributed by atoms with van der Waals surface area (Å²) < 4.78 is 18.1. The quantitative estimate of drug-likeness (QED) is 0.397. The van der Waals surface area contributed by atoms with Crippen molar-refractivity contribution in [1.29, 1.82) is 0 Å². The highest BCUT2D eigenvalue weighted by molar-refractivity contribution is 5.89. The molecule has 0 saturated heterocycles. The van der Waals surface area contributed by atoms with Crippen molar-refractivity contribution in [3.05, 3.63) is 35.6 Å². The topological polar surface area (TPSA) is 26.3 Å². The molecule has 0 spiro atoms. The molecule has 1 aromatic carbocycles. The van der Waals surface area contributed by atoms with Crippen molar-refractivity contribution in [2.75, 3.05) is 6.61 Å². The first kappa shape index (κ1) is 17.7. The first-order valence-corrected chi connectivity index (χ1v) is 8.16. The molecule has 0 unspecified atom stereocenters. The van der Waals surface area contributed by atoms with E-state index >= 15 is 0 Å². The molecule has 0 radical (unpaired) electrons. The van der Waals surface area contributed by atoms with Crippen molar-refractivity contribution >= 4 is 5.97 Å². The predicted octanol–water partition coefficient (Wildman–Crippen LogP) is 5.51. The molecule has 0 aromatic heterocycles. The third kappa shape index (κ3) is 8.49. The number of carbonyl (C=O) groups is 1. The predicted molar refractivity (Wildman–Crippen MR) is 83.9 cm³/mol. The summed E-state index contributed by atoms with van der Waals surface area (Å²) in [5.41, 5.74) is 0.283. The number of benzene rings is 1. The van der Waals surface area contributed by atoms with Crippen LogP contribution in [0.15, 0.2) is 24.3 Å². The van der Waals surface area contributed by atoms with Gasteiger partial charge in [-0.2, -0.15) is 0 Å². The number of unbranched alkanes of at least 4 members (excludes halogenated alkanes) is 8. The van der Waals surface area contributed by atoms with Gasteiger partial charge in [-0.05, 0) is 24.6 Å². The second-order valence-corrected chi connectivity index (χ2v) is 5.47. The van der Waals surface area contributed by atoms with E-state index < -0.39 is 11.8 Å². The Hall–Kier alpha value is -1.38. The maximum absolute atomic E-state index is 13.0. The number of esters is 1. The molecule has 1 aromatic rings. The van der Waals surface area contributed by atoms with Gasteiger partial charge < -0.3 is 4.74 Å². The van der Waals surface area contributed by atoms with Crippen molar-refractivity contribution in [3.8, 4) is 0 Å². The molecule has 0 aliphatic carbocycles. The number of hydrogen-bond donors (Lipinski definition) is 0. The zero-order valence-electron chi connectivity index (χ0n) is 13.1. The van der Waals surface area contributed by atoms with Crippen LogP contribution < -0.4 is 0 Å². The summed E-state index contributed by atoms with van der Waals surface area (Å²) >= 11 is 0. The largest absolute Gasteiger partial charge is 0.462 e. The van der Waals surface area contributed by atoms with Gasteiger partial charge in [-0.1, -0.05) is 64.4 Å². The molecule has 0 saturated carbocycles. The van der Waals surface area contributed by atoms with Crippen molar-refractivity contribution in [2.24, 2.45) is 0 Å². The Morgan fingerprint density at radius 2 is 1.62 bits per heavy atom. The van der Waals surface area contributed by atoms with E-state index in [-0.39, 0.29) is 5.56 Å². The highest BCUT2D eigenvalue weighted by atomic mass is 19.1. The van der Waals surface area contributed by atoms with Gasteiger partial charge in [0.2, 0.25) is 0 Å². The first-order valence-electron chi connectivity index (χ1n) is 8.16. The van der Waals surface area contributed by atoms with E-state index in [1.165, 1.54) is 63.1 Å². The van der Waals surface area contributed by atoms with Crippen LogP contribution in [0.3, 0.4) is 0 Å². The number of hydrogen-bond acceptors (Lipinski definition) is 2. The average molecular weight is 294 g/mol. The normalized spacial score (nSPS) is 10.6. The van der Waals surface area contributed by atoms with E-state index in [1.807, 2.05) is 0 Å². The lowest BCUT2D eigenvalue weighted by Crippen LogP contribution is -2.06. The Balaban J connectivity index is 1.98. The lowest BCUT2D eigenvalue weighted by molar-refractivity contribution is 0.0497. The van der Waals surface area contributed by atoms with Gasteiger partial charge in [0, 0.05) is 0 Å². The standard InChI is InChI=1S/C18H27FO2/c1-2-3-4-5-6-7-8-9-10-14-21-18(20)16-12-11-13-17(19)15-16/h11-13,15H,2-10,14H2,1H3. The molecule has 1 rings (SSSR count). The Morgan fingerprint density at radius 3 is 2.24 bits per heavy atom. The van der Waals surface area contributed by atoms with Gasteiger partial charge in [0.05, 0.1) is 12.2 Å². The number of halogens is 1. The van der Waals surface area contributed by atoms with E-state index in [1.54, 1.807) is 6.07 Å². The van der Waals surface area contributed by atoms with Crippen LogP contribution in [0.1, 0.15) is 75.1 Å².